The highest BCUT2D eigenvalue weighted by Gasteiger charge is 2.09. The highest BCUT2D eigenvalue weighted by molar-refractivity contribution is 5.85. The summed E-state index contributed by atoms with van der Waals surface area (Å²) in [5.41, 5.74) is 3.90. The molecule has 1 aromatic rings. The summed E-state index contributed by atoms with van der Waals surface area (Å²) < 4.78 is 4.95. The Morgan fingerprint density at radius 1 is 1.57 bits per heavy atom. The predicted molar refractivity (Wildman–Crippen MR) is 53.9 cm³/mol. The van der Waals surface area contributed by atoms with E-state index < -0.39 is 0 Å². The van der Waals surface area contributed by atoms with Gasteiger partial charge >= 0.3 is 0 Å². The summed E-state index contributed by atoms with van der Waals surface area (Å²) in [7, 11) is 0. The smallest absolute Gasteiger partial charge is 0.234 e. The number of nitrogens with zero attached hydrogens (tertiary/aromatic N) is 1. The van der Waals surface area contributed by atoms with Crippen molar-refractivity contribution in [2.45, 2.75) is 26.7 Å². The molecule has 1 heterocycles. The molecule has 6 heteroatoms. The Morgan fingerprint density at radius 3 is 2.64 bits per heavy atom. The highest BCUT2D eigenvalue weighted by atomic mass is 35.5. The van der Waals surface area contributed by atoms with Gasteiger partial charge in [0.1, 0.15) is 5.76 Å². The molecule has 0 aliphatic carbocycles. The van der Waals surface area contributed by atoms with Crippen molar-refractivity contribution in [2.24, 2.45) is 5.84 Å². The first-order valence-corrected chi connectivity index (χ1v) is 4.06. The molecule has 3 N–H and O–H groups in total. The molecule has 0 saturated heterocycles. The third-order valence-corrected chi connectivity index (χ3v) is 1.94. The molecule has 0 unspecified atom stereocenters. The number of hydrazine groups is 1. The van der Waals surface area contributed by atoms with Crippen LogP contribution < -0.4 is 11.3 Å². The third-order valence-electron chi connectivity index (χ3n) is 1.94. The van der Waals surface area contributed by atoms with E-state index in [9.17, 15) is 4.79 Å². The number of aromatic nitrogens is 1. The fourth-order valence-electron chi connectivity index (χ4n) is 1.17. The van der Waals surface area contributed by atoms with Crippen molar-refractivity contribution in [3.8, 4) is 0 Å². The van der Waals surface area contributed by atoms with Crippen molar-refractivity contribution in [3.63, 3.8) is 0 Å². The lowest BCUT2D eigenvalue weighted by Gasteiger charge is -1.98. The molecule has 1 rings (SSSR count). The maximum absolute atomic E-state index is 10.8. The average molecular weight is 220 g/mol. The van der Waals surface area contributed by atoms with Crippen LogP contribution >= 0.6 is 12.4 Å². The summed E-state index contributed by atoms with van der Waals surface area (Å²) in [4.78, 5) is 10.8. The van der Waals surface area contributed by atoms with Gasteiger partial charge in [-0.25, -0.2) is 5.84 Å². The SMILES string of the molecule is Cc1noc(C)c1CCC(=O)NN.Cl. The molecule has 0 aliphatic rings. The number of aryl methyl sites for hydroxylation is 2. The van der Waals surface area contributed by atoms with Crippen molar-refractivity contribution < 1.29 is 9.32 Å². The van der Waals surface area contributed by atoms with Gasteiger partial charge in [-0.2, -0.15) is 0 Å². The van der Waals surface area contributed by atoms with Crippen molar-refractivity contribution in [1.29, 1.82) is 0 Å². The van der Waals surface area contributed by atoms with Gasteiger partial charge in [0.15, 0.2) is 0 Å². The van der Waals surface area contributed by atoms with Gasteiger partial charge in [0.05, 0.1) is 5.69 Å². The van der Waals surface area contributed by atoms with Crippen LogP contribution in [0.2, 0.25) is 0 Å². The molecule has 14 heavy (non-hydrogen) atoms. The Bertz CT molecular complexity index is 292. The zero-order valence-corrected chi connectivity index (χ0v) is 8.98. The lowest BCUT2D eigenvalue weighted by atomic mass is 10.1. The lowest BCUT2D eigenvalue weighted by Crippen LogP contribution is -2.30. The lowest BCUT2D eigenvalue weighted by molar-refractivity contribution is -0.121. The summed E-state index contributed by atoms with van der Waals surface area (Å²) in [5, 5.41) is 3.78. The molecular formula is C8H14ClN3O2. The minimum atomic E-state index is -0.181. The first-order valence-electron chi connectivity index (χ1n) is 4.06. The Morgan fingerprint density at radius 2 is 2.21 bits per heavy atom. The van der Waals surface area contributed by atoms with Gasteiger partial charge in [0.25, 0.3) is 0 Å². The van der Waals surface area contributed by atoms with Gasteiger partial charge in [0, 0.05) is 12.0 Å². The summed E-state index contributed by atoms with van der Waals surface area (Å²) >= 11 is 0. The summed E-state index contributed by atoms with van der Waals surface area (Å²) in [6.07, 6.45) is 0.976. The molecule has 0 spiro atoms. The van der Waals surface area contributed by atoms with E-state index in [2.05, 4.69) is 10.6 Å². The molecule has 0 atom stereocenters. The molecule has 0 radical (unpaired) electrons. The van der Waals surface area contributed by atoms with E-state index in [0.29, 0.717) is 12.8 Å². The molecule has 0 fully saturated rings. The van der Waals surface area contributed by atoms with E-state index >= 15 is 0 Å². The second kappa shape index (κ2) is 5.62. The maximum atomic E-state index is 10.8. The number of hydrogen-bond acceptors (Lipinski definition) is 4. The van der Waals surface area contributed by atoms with Crippen LogP contribution in [0.25, 0.3) is 0 Å². The Hall–Kier alpha value is -1.07. The largest absolute Gasteiger partial charge is 0.361 e. The van der Waals surface area contributed by atoms with E-state index in [-0.39, 0.29) is 18.3 Å². The number of amides is 1. The summed E-state index contributed by atoms with van der Waals surface area (Å²) in [5.74, 6) is 5.53. The minimum Gasteiger partial charge on any atom is -0.361 e. The van der Waals surface area contributed by atoms with E-state index in [4.69, 9.17) is 10.4 Å². The van der Waals surface area contributed by atoms with Crippen LogP contribution in [-0.2, 0) is 11.2 Å². The van der Waals surface area contributed by atoms with Gasteiger partial charge < -0.3 is 4.52 Å². The van der Waals surface area contributed by atoms with Gasteiger partial charge in [-0.3, -0.25) is 10.2 Å². The van der Waals surface area contributed by atoms with Crippen LogP contribution in [-0.4, -0.2) is 11.1 Å². The predicted octanol–water partition coefficient (Wildman–Crippen LogP) is 0.636. The molecule has 0 aromatic carbocycles. The normalized spacial score (nSPS) is 9.36. The number of rotatable bonds is 3. The molecule has 0 bridgehead atoms. The fourth-order valence-corrected chi connectivity index (χ4v) is 1.17. The Balaban J connectivity index is 0.00000169. The quantitative estimate of drug-likeness (QED) is 0.444. The van der Waals surface area contributed by atoms with Crippen LogP contribution in [0.3, 0.4) is 0 Å². The Labute approximate surface area is 88.4 Å². The van der Waals surface area contributed by atoms with Crippen molar-refractivity contribution in [3.05, 3.63) is 17.0 Å². The molecule has 1 aromatic heterocycles. The molecular weight excluding hydrogens is 206 g/mol. The van der Waals surface area contributed by atoms with Crippen LogP contribution in [0, 0.1) is 13.8 Å². The highest BCUT2D eigenvalue weighted by Crippen LogP contribution is 2.13. The van der Waals surface area contributed by atoms with Crippen LogP contribution in [0.4, 0.5) is 0 Å². The van der Waals surface area contributed by atoms with Crippen LogP contribution in [0.15, 0.2) is 4.52 Å². The molecule has 1 amide bonds. The van der Waals surface area contributed by atoms with E-state index in [1.54, 1.807) is 0 Å². The zero-order chi connectivity index (χ0) is 9.84. The number of halogens is 1. The van der Waals surface area contributed by atoms with Crippen LogP contribution in [0.1, 0.15) is 23.4 Å². The topological polar surface area (TPSA) is 81.2 Å². The number of hydrogen-bond donors (Lipinski definition) is 2. The minimum absolute atomic E-state index is 0. The van der Waals surface area contributed by atoms with Gasteiger partial charge in [-0.1, -0.05) is 5.16 Å². The molecule has 5 nitrogen and oxygen atoms in total. The van der Waals surface area contributed by atoms with Crippen molar-refractivity contribution in [2.75, 3.05) is 0 Å². The number of nitrogens with two attached hydrogens (primary N) is 1. The van der Waals surface area contributed by atoms with Crippen LogP contribution in [0.5, 0.6) is 0 Å². The van der Waals surface area contributed by atoms with Gasteiger partial charge in [-0.15, -0.1) is 12.4 Å². The van der Waals surface area contributed by atoms with Crippen molar-refractivity contribution >= 4 is 18.3 Å². The standard InChI is InChI=1S/C8H13N3O2.ClH/c1-5-7(6(2)13-11-5)3-4-8(12)10-9;/h3-4,9H2,1-2H3,(H,10,12);1H. The molecule has 0 saturated carbocycles. The maximum Gasteiger partial charge on any atom is 0.234 e. The average Bonchev–Trinajstić information content (AvgIpc) is 2.43. The number of nitrogens with one attached hydrogen (secondary N) is 1. The van der Waals surface area contributed by atoms with E-state index in [0.717, 1.165) is 17.0 Å². The monoisotopic (exact) mass is 219 g/mol. The summed E-state index contributed by atoms with van der Waals surface area (Å²) in [6, 6.07) is 0. The molecule has 80 valence electrons. The number of carbonyl (C=O) groups is 1. The summed E-state index contributed by atoms with van der Waals surface area (Å²) in [6.45, 7) is 3.68. The van der Waals surface area contributed by atoms with Gasteiger partial charge in [0.2, 0.25) is 5.91 Å². The van der Waals surface area contributed by atoms with Gasteiger partial charge in [-0.05, 0) is 20.3 Å². The Kier molecular flexibility index (Phi) is 5.19. The zero-order valence-electron chi connectivity index (χ0n) is 8.16. The van der Waals surface area contributed by atoms with Crippen molar-refractivity contribution in [1.82, 2.24) is 10.6 Å². The first kappa shape index (κ1) is 12.9. The number of carbonyl (C=O) groups excluding carboxylic acids is 1. The second-order valence-electron chi connectivity index (χ2n) is 2.87. The van der Waals surface area contributed by atoms with E-state index in [1.165, 1.54) is 0 Å². The first-order chi connectivity index (χ1) is 6.15. The second-order valence-corrected chi connectivity index (χ2v) is 2.87. The molecule has 0 aliphatic heterocycles. The van der Waals surface area contributed by atoms with E-state index in [1.807, 2.05) is 13.8 Å². The fraction of sp³-hybridized carbons (Fsp3) is 0.500. The third kappa shape index (κ3) is 3.01.